The standard InChI is InChI=1S/C15H22N2O3/c1-12-10-17(7-8-19-12)15(18)11-20-14-5-3-13(4-6-14)9-16-2/h3-6,12,16H,7-11H2,1-2H3. The molecule has 0 aromatic heterocycles. The molecule has 1 N–H and O–H groups in total. The lowest BCUT2D eigenvalue weighted by Crippen LogP contribution is -2.46. The number of carbonyl (C=O) groups excluding carboxylic acids is 1. The highest BCUT2D eigenvalue weighted by atomic mass is 16.5. The monoisotopic (exact) mass is 278 g/mol. The second-order valence-corrected chi connectivity index (χ2v) is 4.98. The van der Waals surface area contributed by atoms with E-state index < -0.39 is 0 Å². The predicted octanol–water partition coefficient (Wildman–Crippen LogP) is 1.03. The number of morpholine rings is 1. The molecule has 5 heteroatoms. The molecule has 1 atom stereocenters. The quantitative estimate of drug-likeness (QED) is 0.874. The van der Waals surface area contributed by atoms with Crippen molar-refractivity contribution in [3.05, 3.63) is 29.8 Å². The Morgan fingerprint density at radius 1 is 1.45 bits per heavy atom. The first-order valence-corrected chi connectivity index (χ1v) is 6.94. The van der Waals surface area contributed by atoms with Gasteiger partial charge in [0, 0.05) is 19.6 Å². The Bertz CT molecular complexity index is 433. The van der Waals surface area contributed by atoms with Gasteiger partial charge in [-0.15, -0.1) is 0 Å². The smallest absolute Gasteiger partial charge is 0.260 e. The largest absolute Gasteiger partial charge is 0.484 e. The maximum absolute atomic E-state index is 12.0. The van der Waals surface area contributed by atoms with E-state index in [-0.39, 0.29) is 18.6 Å². The maximum atomic E-state index is 12.0. The number of hydrogen-bond acceptors (Lipinski definition) is 4. The Kier molecular flexibility index (Phi) is 5.38. The van der Waals surface area contributed by atoms with Crippen LogP contribution >= 0.6 is 0 Å². The predicted molar refractivity (Wildman–Crippen MR) is 76.7 cm³/mol. The fraction of sp³-hybridized carbons (Fsp3) is 0.533. The molecule has 1 amide bonds. The molecule has 1 aliphatic heterocycles. The molecule has 1 heterocycles. The van der Waals surface area contributed by atoms with Gasteiger partial charge >= 0.3 is 0 Å². The summed E-state index contributed by atoms with van der Waals surface area (Å²) in [5, 5.41) is 3.09. The van der Waals surface area contributed by atoms with Gasteiger partial charge in [0.05, 0.1) is 12.7 Å². The van der Waals surface area contributed by atoms with Crippen LogP contribution in [0.15, 0.2) is 24.3 Å². The number of ether oxygens (including phenoxy) is 2. The molecule has 1 aromatic carbocycles. The molecule has 110 valence electrons. The van der Waals surface area contributed by atoms with Crippen LogP contribution in [0.2, 0.25) is 0 Å². The summed E-state index contributed by atoms with van der Waals surface area (Å²) in [7, 11) is 1.91. The second kappa shape index (κ2) is 7.26. The van der Waals surface area contributed by atoms with Crippen LogP contribution in [0.25, 0.3) is 0 Å². The minimum Gasteiger partial charge on any atom is -0.484 e. The van der Waals surface area contributed by atoms with E-state index in [1.807, 2.05) is 38.2 Å². The molecule has 0 spiro atoms. The van der Waals surface area contributed by atoms with Gasteiger partial charge in [-0.05, 0) is 31.7 Å². The molecule has 1 aromatic rings. The molecule has 5 nitrogen and oxygen atoms in total. The van der Waals surface area contributed by atoms with Crippen molar-refractivity contribution < 1.29 is 14.3 Å². The molecule has 20 heavy (non-hydrogen) atoms. The van der Waals surface area contributed by atoms with Gasteiger partial charge in [0.2, 0.25) is 0 Å². The molecule has 0 bridgehead atoms. The molecular weight excluding hydrogens is 256 g/mol. The highest BCUT2D eigenvalue weighted by molar-refractivity contribution is 5.77. The lowest BCUT2D eigenvalue weighted by Gasteiger charge is -2.31. The van der Waals surface area contributed by atoms with Crippen molar-refractivity contribution >= 4 is 5.91 Å². The van der Waals surface area contributed by atoms with Gasteiger partial charge in [-0.1, -0.05) is 12.1 Å². The number of carbonyl (C=O) groups is 1. The first-order valence-electron chi connectivity index (χ1n) is 6.94. The van der Waals surface area contributed by atoms with Crippen molar-refractivity contribution in [2.75, 3.05) is 33.4 Å². The maximum Gasteiger partial charge on any atom is 0.260 e. The van der Waals surface area contributed by atoms with Crippen molar-refractivity contribution in [3.8, 4) is 5.75 Å². The molecule has 0 radical (unpaired) electrons. The molecule has 1 fully saturated rings. The van der Waals surface area contributed by atoms with Crippen LogP contribution in [0.3, 0.4) is 0 Å². The fourth-order valence-corrected chi connectivity index (χ4v) is 2.19. The Hall–Kier alpha value is -1.59. The van der Waals surface area contributed by atoms with Gasteiger partial charge in [0.15, 0.2) is 6.61 Å². The van der Waals surface area contributed by atoms with E-state index in [2.05, 4.69) is 5.32 Å². The number of benzene rings is 1. The molecule has 1 aliphatic rings. The average molecular weight is 278 g/mol. The molecule has 0 saturated carbocycles. The van der Waals surface area contributed by atoms with Gasteiger partial charge in [0.25, 0.3) is 5.91 Å². The van der Waals surface area contributed by atoms with Crippen molar-refractivity contribution in [2.24, 2.45) is 0 Å². The first kappa shape index (κ1) is 14.8. The summed E-state index contributed by atoms with van der Waals surface area (Å²) < 4.78 is 11.0. The first-order chi connectivity index (χ1) is 9.69. The van der Waals surface area contributed by atoms with Gasteiger partial charge < -0.3 is 19.7 Å². The zero-order valence-corrected chi connectivity index (χ0v) is 12.1. The lowest BCUT2D eigenvalue weighted by molar-refractivity contribution is -0.140. The van der Waals surface area contributed by atoms with Crippen LogP contribution in [0.5, 0.6) is 5.75 Å². The molecule has 1 saturated heterocycles. The number of hydrogen-bond donors (Lipinski definition) is 1. The van der Waals surface area contributed by atoms with Crippen LogP contribution in [-0.2, 0) is 16.1 Å². The van der Waals surface area contributed by atoms with Crippen LogP contribution in [-0.4, -0.2) is 50.3 Å². The van der Waals surface area contributed by atoms with E-state index in [1.54, 1.807) is 4.90 Å². The average Bonchev–Trinajstić information content (AvgIpc) is 2.46. The van der Waals surface area contributed by atoms with Gasteiger partial charge in [-0.3, -0.25) is 4.79 Å². The highest BCUT2D eigenvalue weighted by Crippen LogP contribution is 2.12. The third-order valence-electron chi connectivity index (χ3n) is 3.26. The minimum absolute atomic E-state index is 0.0134. The SMILES string of the molecule is CNCc1ccc(OCC(=O)N2CCOC(C)C2)cc1. The molecule has 1 unspecified atom stereocenters. The van der Waals surface area contributed by atoms with Gasteiger partial charge in [-0.2, -0.15) is 0 Å². The van der Waals surface area contributed by atoms with Gasteiger partial charge in [-0.25, -0.2) is 0 Å². The fourth-order valence-electron chi connectivity index (χ4n) is 2.19. The topological polar surface area (TPSA) is 50.8 Å². The second-order valence-electron chi connectivity index (χ2n) is 4.98. The highest BCUT2D eigenvalue weighted by Gasteiger charge is 2.21. The van der Waals surface area contributed by atoms with Crippen molar-refractivity contribution in [1.82, 2.24) is 10.2 Å². The summed E-state index contributed by atoms with van der Waals surface area (Å²) >= 11 is 0. The number of nitrogens with one attached hydrogen (secondary N) is 1. The Morgan fingerprint density at radius 2 is 2.20 bits per heavy atom. The third kappa shape index (κ3) is 4.21. The minimum atomic E-state index is 0.0134. The summed E-state index contributed by atoms with van der Waals surface area (Å²) in [6.07, 6.45) is 0.105. The normalized spacial score (nSPS) is 18.9. The Morgan fingerprint density at radius 3 is 2.85 bits per heavy atom. The van der Waals surface area contributed by atoms with Crippen molar-refractivity contribution in [1.29, 1.82) is 0 Å². The van der Waals surface area contributed by atoms with E-state index in [9.17, 15) is 4.79 Å². The van der Waals surface area contributed by atoms with Gasteiger partial charge in [0.1, 0.15) is 5.75 Å². The van der Waals surface area contributed by atoms with E-state index >= 15 is 0 Å². The van der Waals surface area contributed by atoms with Crippen LogP contribution < -0.4 is 10.1 Å². The number of nitrogens with zero attached hydrogens (tertiary/aromatic N) is 1. The van der Waals surface area contributed by atoms with E-state index in [1.165, 1.54) is 5.56 Å². The summed E-state index contributed by atoms with van der Waals surface area (Å²) in [5.41, 5.74) is 1.19. The summed E-state index contributed by atoms with van der Waals surface area (Å²) in [6, 6.07) is 7.77. The van der Waals surface area contributed by atoms with Crippen LogP contribution in [0.1, 0.15) is 12.5 Å². The summed E-state index contributed by atoms with van der Waals surface area (Å²) in [6.45, 7) is 4.77. The summed E-state index contributed by atoms with van der Waals surface area (Å²) in [5.74, 6) is 0.735. The van der Waals surface area contributed by atoms with E-state index in [4.69, 9.17) is 9.47 Å². The Balaban J connectivity index is 1.80. The zero-order chi connectivity index (χ0) is 14.4. The molecule has 2 rings (SSSR count). The van der Waals surface area contributed by atoms with Crippen LogP contribution in [0.4, 0.5) is 0 Å². The number of amides is 1. The van der Waals surface area contributed by atoms with Crippen molar-refractivity contribution in [2.45, 2.75) is 19.6 Å². The zero-order valence-electron chi connectivity index (χ0n) is 12.1. The van der Waals surface area contributed by atoms with Crippen LogP contribution in [0, 0.1) is 0 Å². The molecular formula is C15H22N2O3. The van der Waals surface area contributed by atoms with Crippen molar-refractivity contribution in [3.63, 3.8) is 0 Å². The van der Waals surface area contributed by atoms with E-state index in [0.29, 0.717) is 19.7 Å². The Labute approximate surface area is 119 Å². The lowest BCUT2D eigenvalue weighted by atomic mass is 10.2. The number of rotatable bonds is 5. The third-order valence-corrected chi connectivity index (χ3v) is 3.26. The summed E-state index contributed by atoms with van der Waals surface area (Å²) in [4.78, 5) is 13.8. The van der Waals surface area contributed by atoms with E-state index in [0.717, 1.165) is 12.3 Å². The molecule has 0 aliphatic carbocycles.